The van der Waals surface area contributed by atoms with Crippen LogP contribution in [0.25, 0.3) is 0 Å². The first-order valence-electron chi connectivity index (χ1n) is 6.49. The number of unbranched alkanes of at least 4 members (excludes halogenated alkanes) is 1. The molecule has 1 aromatic rings. The fourth-order valence-corrected chi connectivity index (χ4v) is 3.24. The molecule has 0 unspecified atom stereocenters. The number of rotatable bonds is 9. The maximum atomic E-state index is 5.56. The zero-order valence-corrected chi connectivity index (χ0v) is 14.6. The zero-order valence-electron chi connectivity index (χ0n) is 11.5. The van der Waals surface area contributed by atoms with Crippen LogP contribution in [0, 0.1) is 0 Å². The quantitative estimate of drug-likeness (QED) is 0.639. The molecule has 0 spiro atoms. The van der Waals surface area contributed by atoms with Crippen LogP contribution in [0.4, 0.5) is 0 Å². The second kappa shape index (κ2) is 9.75. The average molecular weight is 395 g/mol. The lowest BCUT2D eigenvalue weighted by Crippen LogP contribution is -2.15. The van der Waals surface area contributed by atoms with Gasteiger partial charge in [0, 0.05) is 20.3 Å². The standard InChI is InChI=1S/C14H21Br2NO2/c1-3-19-14-12(15)8-11(9-13(14)16)10-17-6-4-5-7-18-2/h8-9,17H,3-7,10H2,1-2H3. The average Bonchev–Trinajstić information content (AvgIpc) is 2.38. The van der Waals surface area contributed by atoms with Crippen molar-refractivity contribution in [3.8, 4) is 5.75 Å². The fourth-order valence-electron chi connectivity index (χ4n) is 1.73. The van der Waals surface area contributed by atoms with E-state index in [1.54, 1.807) is 7.11 Å². The first-order valence-corrected chi connectivity index (χ1v) is 8.08. The molecule has 0 saturated heterocycles. The highest BCUT2D eigenvalue weighted by molar-refractivity contribution is 9.11. The molecule has 3 nitrogen and oxygen atoms in total. The van der Waals surface area contributed by atoms with E-state index in [-0.39, 0.29) is 0 Å². The molecule has 5 heteroatoms. The van der Waals surface area contributed by atoms with Crippen molar-refractivity contribution in [3.63, 3.8) is 0 Å². The summed E-state index contributed by atoms with van der Waals surface area (Å²) in [5.41, 5.74) is 1.23. The molecular weight excluding hydrogens is 374 g/mol. The smallest absolute Gasteiger partial charge is 0.147 e. The number of methoxy groups -OCH3 is 1. The van der Waals surface area contributed by atoms with Crippen molar-refractivity contribution in [1.82, 2.24) is 5.32 Å². The van der Waals surface area contributed by atoms with Crippen molar-refractivity contribution in [2.45, 2.75) is 26.3 Å². The predicted molar refractivity (Wildman–Crippen MR) is 85.8 cm³/mol. The molecule has 0 fully saturated rings. The Morgan fingerprint density at radius 1 is 1.16 bits per heavy atom. The van der Waals surface area contributed by atoms with Crippen LogP contribution >= 0.6 is 31.9 Å². The van der Waals surface area contributed by atoms with Gasteiger partial charge in [0.2, 0.25) is 0 Å². The first kappa shape index (κ1) is 17.0. The third-order valence-electron chi connectivity index (χ3n) is 2.63. The van der Waals surface area contributed by atoms with Gasteiger partial charge in [-0.1, -0.05) is 0 Å². The molecule has 19 heavy (non-hydrogen) atoms. The van der Waals surface area contributed by atoms with Crippen LogP contribution in [-0.4, -0.2) is 26.9 Å². The Balaban J connectivity index is 2.42. The van der Waals surface area contributed by atoms with E-state index in [2.05, 4.69) is 49.3 Å². The number of nitrogens with one attached hydrogen (secondary N) is 1. The molecule has 0 aliphatic rings. The van der Waals surface area contributed by atoms with Gasteiger partial charge in [0.05, 0.1) is 15.6 Å². The van der Waals surface area contributed by atoms with E-state index < -0.39 is 0 Å². The summed E-state index contributed by atoms with van der Waals surface area (Å²) in [7, 11) is 1.74. The Morgan fingerprint density at radius 3 is 2.42 bits per heavy atom. The van der Waals surface area contributed by atoms with Crippen molar-refractivity contribution >= 4 is 31.9 Å². The summed E-state index contributed by atoms with van der Waals surface area (Å²) in [5.74, 6) is 0.867. The Morgan fingerprint density at radius 2 is 1.84 bits per heavy atom. The minimum atomic E-state index is 0.661. The maximum Gasteiger partial charge on any atom is 0.147 e. The number of halogens is 2. The van der Waals surface area contributed by atoms with E-state index in [9.17, 15) is 0 Å². The van der Waals surface area contributed by atoms with Crippen LogP contribution in [-0.2, 0) is 11.3 Å². The van der Waals surface area contributed by atoms with Gasteiger partial charge in [0.25, 0.3) is 0 Å². The third kappa shape index (κ3) is 6.25. The van der Waals surface area contributed by atoms with Crippen molar-refractivity contribution in [1.29, 1.82) is 0 Å². The van der Waals surface area contributed by atoms with Crippen LogP contribution < -0.4 is 10.1 Å². The van der Waals surface area contributed by atoms with Gasteiger partial charge in [-0.05, 0) is 75.9 Å². The summed E-state index contributed by atoms with van der Waals surface area (Å²) in [5, 5.41) is 3.43. The predicted octanol–water partition coefficient (Wildman–Crippen LogP) is 4.13. The Bertz CT molecular complexity index is 363. The van der Waals surface area contributed by atoms with Crippen molar-refractivity contribution in [2.24, 2.45) is 0 Å². The molecule has 0 bridgehead atoms. The molecule has 108 valence electrons. The number of ether oxygens (including phenoxy) is 2. The highest BCUT2D eigenvalue weighted by Crippen LogP contribution is 2.34. The number of benzene rings is 1. The molecule has 0 atom stereocenters. The highest BCUT2D eigenvalue weighted by atomic mass is 79.9. The molecule has 0 radical (unpaired) electrons. The van der Waals surface area contributed by atoms with Gasteiger partial charge in [-0.25, -0.2) is 0 Å². The lowest BCUT2D eigenvalue weighted by atomic mass is 10.2. The zero-order chi connectivity index (χ0) is 14.1. The molecular formula is C14H21Br2NO2. The van der Waals surface area contributed by atoms with Crippen LogP contribution in [0.3, 0.4) is 0 Å². The Labute approximate surface area is 132 Å². The van der Waals surface area contributed by atoms with Crippen LogP contribution in [0.5, 0.6) is 5.75 Å². The van der Waals surface area contributed by atoms with Crippen LogP contribution in [0.2, 0.25) is 0 Å². The lowest BCUT2D eigenvalue weighted by Gasteiger charge is -2.11. The molecule has 0 amide bonds. The monoisotopic (exact) mass is 393 g/mol. The van der Waals surface area contributed by atoms with E-state index in [1.807, 2.05) is 6.92 Å². The Hall–Kier alpha value is -0.100. The van der Waals surface area contributed by atoms with Gasteiger partial charge in [0.1, 0.15) is 5.75 Å². The molecule has 1 aromatic carbocycles. The van der Waals surface area contributed by atoms with Crippen molar-refractivity contribution < 1.29 is 9.47 Å². The summed E-state index contributed by atoms with van der Waals surface area (Å²) in [4.78, 5) is 0. The molecule has 1 rings (SSSR count). The molecule has 0 aliphatic heterocycles. The van der Waals surface area contributed by atoms with E-state index in [0.29, 0.717) is 6.61 Å². The van der Waals surface area contributed by atoms with Gasteiger partial charge in [-0.2, -0.15) is 0 Å². The lowest BCUT2D eigenvalue weighted by molar-refractivity contribution is 0.192. The summed E-state index contributed by atoms with van der Waals surface area (Å²) in [6, 6.07) is 4.19. The van der Waals surface area contributed by atoms with Gasteiger partial charge in [-0.15, -0.1) is 0 Å². The summed E-state index contributed by atoms with van der Waals surface area (Å²) in [6.07, 6.45) is 2.23. The third-order valence-corrected chi connectivity index (χ3v) is 3.81. The van der Waals surface area contributed by atoms with E-state index in [1.165, 1.54) is 5.56 Å². The summed E-state index contributed by atoms with van der Waals surface area (Å²) >= 11 is 7.09. The molecule has 0 aromatic heterocycles. The van der Waals surface area contributed by atoms with E-state index in [4.69, 9.17) is 9.47 Å². The largest absolute Gasteiger partial charge is 0.492 e. The number of hydrogen-bond donors (Lipinski definition) is 1. The van der Waals surface area contributed by atoms with Crippen LogP contribution in [0.1, 0.15) is 25.3 Å². The fraction of sp³-hybridized carbons (Fsp3) is 0.571. The molecule has 1 N–H and O–H groups in total. The topological polar surface area (TPSA) is 30.5 Å². The van der Waals surface area contributed by atoms with Gasteiger partial charge in [0.15, 0.2) is 0 Å². The van der Waals surface area contributed by atoms with Crippen molar-refractivity contribution in [3.05, 3.63) is 26.6 Å². The van der Waals surface area contributed by atoms with Gasteiger partial charge >= 0.3 is 0 Å². The van der Waals surface area contributed by atoms with E-state index >= 15 is 0 Å². The number of hydrogen-bond acceptors (Lipinski definition) is 3. The minimum Gasteiger partial charge on any atom is -0.492 e. The second-order valence-electron chi connectivity index (χ2n) is 4.20. The van der Waals surface area contributed by atoms with E-state index in [0.717, 1.165) is 47.2 Å². The maximum absolute atomic E-state index is 5.56. The molecule has 0 saturated carbocycles. The van der Waals surface area contributed by atoms with Crippen molar-refractivity contribution in [2.75, 3.05) is 26.9 Å². The first-order chi connectivity index (χ1) is 9.19. The highest BCUT2D eigenvalue weighted by Gasteiger charge is 2.08. The normalized spacial score (nSPS) is 10.7. The molecule has 0 heterocycles. The molecule has 0 aliphatic carbocycles. The summed E-state index contributed by atoms with van der Waals surface area (Å²) < 4.78 is 12.6. The van der Waals surface area contributed by atoms with Crippen LogP contribution in [0.15, 0.2) is 21.1 Å². The Kier molecular flexibility index (Phi) is 8.70. The second-order valence-corrected chi connectivity index (χ2v) is 5.91. The summed E-state index contributed by atoms with van der Waals surface area (Å²) in [6.45, 7) is 5.34. The van der Waals surface area contributed by atoms with Gasteiger partial charge < -0.3 is 14.8 Å². The SMILES string of the molecule is CCOc1c(Br)cc(CNCCCCOC)cc1Br. The van der Waals surface area contributed by atoms with Gasteiger partial charge in [-0.3, -0.25) is 0 Å². The minimum absolute atomic E-state index is 0.661.